The fraction of sp³-hybridized carbons (Fsp3) is 1.00. The van der Waals surface area contributed by atoms with Crippen molar-refractivity contribution < 1.29 is 35.2 Å². The highest BCUT2D eigenvalue weighted by atomic mass is 28.4. The van der Waals surface area contributed by atoms with Crippen molar-refractivity contribution in [1.29, 1.82) is 0 Å². The third-order valence-electron chi connectivity index (χ3n) is 2.76. The van der Waals surface area contributed by atoms with Gasteiger partial charge in [0.15, 0.2) is 6.17 Å². The van der Waals surface area contributed by atoms with Crippen molar-refractivity contribution in [3.8, 4) is 0 Å². The maximum Gasteiger partial charge on any atom is 0.506 e. The van der Waals surface area contributed by atoms with Crippen LogP contribution in [0.25, 0.3) is 0 Å². The Morgan fingerprint density at radius 1 is 1.00 bits per heavy atom. The summed E-state index contributed by atoms with van der Waals surface area (Å²) in [6.07, 6.45) is -7.38. The first kappa shape index (κ1) is 17.7. The summed E-state index contributed by atoms with van der Waals surface area (Å²) < 4.78 is 78.7. The average molecular weight is 296 g/mol. The molecule has 0 spiro atoms. The summed E-state index contributed by atoms with van der Waals surface area (Å²) in [5, 5.41) is 0. The Balaban J connectivity index is 5.30. The van der Waals surface area contributed by atoms with Crippen molar-refractivity contribution in [2.24, 2.45) is 0 Å². The number of alkyl halides is 5. The van der Waals surface area contributed by atoms with Gasteiger partial charge in [-0.05, 0) is 6.42 Å². The normalized spacial score (nSPS) is 17.0. The molecular weight excluding hydrogens is 279 g/mol. The molecule has 0 heterocycles. The van der Waals surface area contributed by atoms with Gasteiger partial charge in [-0.15, -0.1) is 0 Å². The highest BCUT2D eigenvalue weighted by Crippen LogP contribution is 2.42. The summed E-state index contributed by atoms with van der Waals surface area (Å²) >= 11 is 0. The lowest BCUT2D eigenvalue weighted by Crippen LogP contribution is -2.55. The van der Waals surface area contributed by atoms with E-state index in [2.05, 4.69) is 0 Å². The van der Waals surface area contributed by atoms with E-state index in [1.165, 1.54) is 6.92 Å². The molecule has 0 saturated heterocycles. The van der Waals surface area contributed by atoms with E-state index < -0.39 is 32.9 Å². The molecule has 110 valence electrons. The lowest BCUT2D eigenvalue weighted by molar-refractivity contribution is -0.175. The second-order valence-corrected chi connectivity index (χ2v) is 6.78. The van der Waals surface area contributed by atoms with Gasteiger partial charge in [0.25, 0.3) is 0 Å². The SMILES string of the molecule is CCC(C(F)C(F)(F)C(F)F)[Si](OC)(OC)OC. The quantitative estimate of drug-likeness (QED) is 0.509. The van der Waals surface area contributed by atoms with Crippen LogP contribution in [0, 0.1) is 0 Å². The van der Waals surface area contributed by atoms with Crippen LogP contribution in [0.4, 0.5) is 22.0 Å². The molecule has 0 bridgehead atoms. The van der Waals surface area contributed by atoms with Crippen LogP contribution in [-0.4, -0.2) is 48.7 Å². The van der Waals surface area contributed by atoms with E-state index >= 15 is 0 Å². The standard InChI is InChI=1S/C9H17F5O3Si/c1-5-6(18(15-2,16-3)17-4)7(10)9(13,14)8(11)12/h6-8H,5H2,1-4H3. The zero-order chi connectivity index (χ0) is 14.6. The molecule has 0 rings (SSSR count). The maximum absolute atomic E-state index is 13.7. The largest absolute Gasteiger partial charge is 0.506 e. The van der Waals surface area contributed by atoms with Crippen molar-refractivity contribution in [3.63, 3.8) is 0 Å². The van der Waals surface area contributed by atoms with E-state index in [4.69, 9.17) is 13.3 Å². The molecule has 0 fully saturated rings. The van der Waals surface area contributed by atoms with Crippen LogP contribution in [0.15, 0.2) is 0 Å². The third kappa shape index (κ3) is 3.19. The van der Waals surface area contributed by atoms with Crippen molar-refractivity contribution >= 4 is 8.80 Å². The molecule has 0 aromatic heterocycles. The van der Waals surface area contributed by atoms with Gasteiger partial charge in [0.1, 0.15) is 0 Å². The highest BCUT2D eigenvalue weighted by Gasteiger charge is 2.61. The Morgan fingerprint density at radius 2 is 1.39 bits per heavy atom. The van der Waals surface area contributed by atoms with Gasteiger partial charge in [0, 0.05) is 21.3 Å². The van der Waals surface area contributed by atoms with Crippen LogP contribution in [0.3, 0.4) is 0 Å². The second kappa shape index (κ2) is 6.78. The van der Waals surface area contributed by atoms with Crippen LogP contribution in [-0.2, 0) is 13.3 Å². The molecule has 18 heavy (non-hydrogen) atoms. The van der Waals surface area contributed by atoms with Crippen LogP contribution in [0.5, 0.6) is 0 Å². The summed E-state index contributed by atoms with van der Waals surface area (Å²) in [5.74, 6) is -4.77. The smallest absolute Gasteiger partial charge is 0.377 e. The molecule has 0 aliphatic carbocycles. The van der Waals surface area contributed by atoms with Crippen LogP contribution in [0.2, 0.25) is 5.54 Å². The van der Waals surface area contributed by atoms with Gasteiger partial charge >= 0.3 is 21.2 Å². The Bertz CT molecular complexity index is 242. The minimum atomic E-state index is -4.77. The maximum atomic E-state index is 13.7. The second-order valence-electron chi connectivity index (χ2n) is 3.61. The Labute approximate surface area is 104 Å². The highest BCUT2D eigenvalue weighted by molar-refractivity contribution is 6.62. The zero-order valence-electron chi connectivity index (χ0n) is 10.6. The predicted octanol–water partition coefficient (Wildman–Crippen LogP) is 2.88. The average Bonchev–Trinajstić information content (AvgIpc) is 2.35. The van der Waals surface area contributed by atoms with Gasteiger partial charge < -0.3 is 13.3 Å². The number of halogens is 5. The monoisotopic (exact) mass is 296 g/mol. The lowest BCUT2D eigenvalue weighted by Gasteiger charge is -2.35. The lowest BCUT2D eigenvalue weighted by atomic mass is 10.1. The van der Waals surface area contributed by atoms with Crippen LogP contribution >= 0.6 is 0 Å². The van der Waals surface area contributed by atoms with Gasteiger partial charge in [0.05, 0.1) is 5.54 Å². The van der Waals surface area contributed by atoms with E-state index in [9.17, 15) is 22.0 Å². The molecule has 3 nitrogen and oxygen atoms in total. The molecule has 0 aromatic carbocycles. The van der Waals surface area contributed by atoms with Crippen LogP contribution in [0.1, 0.15) is 13.3 Å². The summed E-state index contributed by atoms with van der Waals surface area (Å²) in [7, 11) is -0.435. The van der Waals surface area contributed by atoms with E-state index in [0.29, 0.717) is 0 Å². The van der Waals surface area contributed by atoms with Gasteiger partial charge in [-0.3, -0.25) is 0 Å². The molecule has 0 aliphatic heterocycles. The number of hydrogen-bond donors (Lipinski definition) is 0. The van der Waals surface area contributed by atoms with E-state index in [1.807, 2.05) is 0 Å². The topological polar surface area (TPSA) is 27.7 Å². The van der Waals surface area contributed by atoms with Gasteiger partial charge in [-0.1, -0.05) is 6.92 Å². The molecular formula is C9H17F5O3Si. The molecule has 0 N–H and O–H groups in total. The zero-order valence-corrected chi connectivity index (χ0v) is 11.6. The van der Waals surface area contributed by atoms with Crippen molar-refractivity contribution in [2.75, 3.05) is 21.3 Å². The van der Waals surface area contributed by atoms with Gasteiger partial charge in [0.2, 0.25) is 0 Å². The summed E-state index contributed by atoms with van der Waals surface area (Å²) in [5.41, 5.74) is -1.57. The van der Waals surface area contributed by atoms with Gasteiger partial charge in [-0.25, -0.2) is 13.2 Å². The minimum absolute atomic E-state index is 0.175. The third-order valence-corrected chi connectivity index (χ3v) is 6.08. The Morgan fingerprint density at radius 3 is 1.61 bits per heavy atom. The minimum Gasteiger partial charge on any atom is -0.377 e. The number of rotatable bonds is 8. The summed E-state index contributed by atoms with van der Waals surface area (Å²) in [6, 6.07) is 0. The molecule has 0 saturated carbocycles. The summed E-state index contributed by atoms with van der Waals surface area (Å²) in [6.45, 7) is 1.37. The van der Waals surface area contributed by atoms with E-state index in [1.54, 1.807) is 0 Å². The van der Waals surface area contributed by atoms with E-state index in [0.717, 1.165) is 21.3 Å². The van der Waals surface area contributed by atoms with Crippen molar-refractivity contribution in [1.82, 2.24) is 0 Å². The molecule has 9 heteroatoms. The fourth-order valence-corrected chi connectivity index (χ4v) is 4.22. The first-order chi connectivity index (χ1) is 8.23. The molecule has 0 aliphatic rings. The summed E-state index contributed by atoms with van der Waals surface area (Å²) in [4.78, 5) is 0. The first-order valence-corrected chi connectivity index (χ1v) is 6.99. The molecule has 2 unspecified atom stereocenters. The first-order valence-electron chi connectivity index (χ1n) is 5.18. The Kier molecular flexibility index (Phi) is 6.69. The van der Waals surface area contributed by atoms with Crippen molar-refractivity contribution in [2.45, 2.75) is 37.4 Å². The van der Waals surface area contributed by atoms with E-state index in [-0.39, 0.29) is 6.42 Å². The predicted molar refractivity (Wildman–Crippen MR) is 56.7 cm³/mol. The molecule has 0 radical (unpaired) electrons. The molecule has 0 aromatic rings. The number of hydrogen-bond acceptors (Lipinski definition) is 3. The fourth-order valence-electron chi connectivity index (χ4n) is 1.73. The van der Waals surface area contributed by atoms with Gasteiger partial charge in [-0.2, -0.15) is 8.78 Å². The van der Waals surface area contributed by atoms with Crippen molar-refractivity contribution in [3.05, 3.63) is 0 Å². The van der Waals surface area contributed by atoms with Crippen LogP contribution < -0.4 is 0 Å². The Hall–Kier alpha value is -0.253. The molecule has 2 atom stereocenters. The molecule has 0 amide bonds.